The average Bonchev–Trinajstić information content (AvgIpc) is 2.35. The molecule has 1 rings (SSSR count). The number of carbonyl (C=O) groups is 1. The summed E-state index contributed by atoms with van der Waals surface area (Å²) in [5.41, 5.74) is 2.36. The molecule has 2 heteroatoms. The number of amides is 1. The van der Waals surface area contributed by atoms with Crippen LogP contribution in [0.25, 0.3) is 6.08 Å². The van der Waals surface area contributed by atoms with Gasteiger partial charge in [0.15, 0.2) is 0 Å². The first-order chi connectivity index (χ1) is 9.54. The maximum atomic E-state index is 12.9. The van der Waals surface area contributed by atoms with E-state index in [0.717, 1.165) is 11.1 Å². The molecule has 0 bridgehead atoms. The Morgan fingerprint density at radius 1 is 1.10 bits per heavy atom. The Labute approximate surface area is 129 Å². The first-order valence-corrected chi connectivity index (χ1v) is 7.26. The van der Waals surface area contributed by atoms with Gasteiger partial charge in [0.2, 0.25) is 0 Å². The standard InChI is InChI=1S/C19H27NO/c1-9-14-15(12-11-13-16(14)18(3,4)5)17(21)20(10-2)19(6,7)8/h9-13H,1-2H2,3-8H3. The van der Waals surface area contributed by atoms with Gasteiger partial charge < -0.3 is 4.90 Å². The summed E-state index contributed by atoms with van der Waals surface area (Å²) in [6.07, 6.45) is 3.37. The monoisotopic (exact) mass is 285 g/mol. The molecule has 2 nitrogen and oxygen atoms in total. The van der Waals surface area contributed by atoms with Gasteiger partial charge in [-0.3, -0.25) is 4.79 Å². The van der Waals surface area contributed by atoms with Crippen LogP contribution in [0.15, 0.2) is 37.6 Å². The Morgan fingerprint density at radius 3 is 2.05 bits per heavy atom. The lowest BCUT2D eigenvalue weighted by atomic mass is 9.82. The summed E-state index contributed by atoms with van der Waals surface area (Å²) >= 11 is 0. The molecule has 0 aromatic heterocycles. The van der Waals surface area contributed by atoms with Crippen LogP contribution in [0.2, 0.25) is 0 Å². The van der Waals surface area contributed by atoms with Crippen molar-refractivity contribution in [2.45, 2.75) is 52.5 Å². The Hall–Kier alpha value is -1.83. The summed E-state index contributed by atoms with van der Waals surface area (Å²) in [6, 6.07) is 5.85. The highest BCUT2D eigenvalue weighted by molar-refractivity contribution is 5.99. The van der Waals surface area contributed by atoms with Crippen LogP contribution >= 0.6 is 0 Å². The third-order valence-corrected chi connectivity index (χ3v) is 3.47. The number of carbonyl (C=O) groups excluding carboxylic acids is 1. The van der Waals surface area contributed by atoms with Crippen LogP contribution < -0.4 is 0 Å². The van der Waals surface area contributed by atoms with Crippen LogP contribution in [-0.4, -0.2) is 16.3 Å². The second kappa shape index (κ2) is 5.88. The SMILES string of the molecule is C=Cc1c(C(=O)N(C=C)C(C)(C)C)cccc1C(C)(C)C. The number of rotatable bonds is 3. The van der Waals surface area contributed by atoms with Crippen molar-refractivity contribution in [2.75, 3.05) is 0 Å². The van der Waals surface area contributed by atoms with E-state index in [2.05, 4.69) is 40.0 Å². The van der Waals surface area contributed by atoms with Gasteiger partial charge in [0.25, 0.3) is 5.91 Å². The average molecular weight is 285 g/mol. The van der Waals surface area contributed by atoms with E-state index in [1.54, 1.807) is 17.2 Å². The van der Waals surface area contributed by atoms with Crippen molar-refractivity contribution in [3.8, 4) is 0 Å². The molecule has 0 heterocycles. The molecule has 0 spiro atoms. The normalized spacial score (nSPS) is 11.9. The van der Waals surface area contributed by atoms with Crippen LogP contribution in [0.1, 0.15) is 63.0 Å². The van der Waals surface area contributed by atoms with Gasteiger partial charge in [-0.25, -0.2) is 0 Å². The van der Waals surface area contributed by atoms with Gasteiger partial charge in [-0.2, -0.15) is 0 Å². The quantitative estimate of drug-likeness (QED) is 0.764. The van der Waals surface area contributed by atoms with Crippen molar-refractivity contribution in [3.63, 3.8) is 0 Å². The van der Waals surface area contributed by atoms with E-state index in [1.165, 1.54) is 0 Å². The Bertz CT molecular complexity index is 556. The highest BCUT2D eigenvalue weighted by atomic mass is 16.2. The zero-order valence-corrected chi connectivity index (χ0v) is 14.2. The molecule has 1 aromatic rings. The van der Waals surface area contributed by atoms with Crippen molar-refractivity contribution >= 4 is 12.0 Å². The van der Waals surface area contributed by atoms with Crippen molar-refractivity contribution in [3.05, 3.63) is 54.2 Å². The number of benzene rings is 1. The molecular formula is C19H27NO. The Balaban J connectivity index is 3.48. The molecular weight excluding hydrogens is 258 g/mol. The van der Waals surface area contributed by atoms with Crippen molar-refractivity contribution < 1.29 is 4.79 Å². The molecule has 1 aromatic carbocycles. The second-order valence-corrected chi connectivity index (χ2v) is 7.25. The summed E-state index contributed by atoms with van der Waals surface area (Å²) in [6.45, 7) is 20.1. The van der Waals surface area contributed by atoms with Gasteiger partial charge in [-0.05, 0) is 43.4 Å². The minimum Gasteiger partial charge on any atom is -0.310 e. The molecule has 0 radical (unpaired) electrons. The molecule has 0 saturated carbocycles. The smallest absolute Gasteiger partial charge is 0.258 e. The van der Waals surface area contributed by atoms with Crippen LogP contribution in [0.4, 0.5) is 0 Å². The maximum absolute atomic E-state index is 12.9. The molecule has 0 aliphatic carbocycles. The molecule has 21 heavy (non-hydrogen) atoms. The van der Waals surface area contributed by atoms with Gasteiger partial charge in [0.05, 0.1) is 0 Å². The van der Waals surface area contributed by atoms with Gasteiger partial charge in [0, 0.05) is 17.3 Å². The van der Waals surface area contributed by atoms with Crippen molar-refractivity contribution in [1.82, 2.24) is 4.90 Å². The second-order valence-electron chi connectivity index (χ2n) is 7.25. The molecule has 0 N–H and O–H groups in total. The minimum absolute atomic E-state index is 0.0411. The van der Waals surface area contributed by atoms with Gasteiger partial charge in [-0.1, -0.05) is 52.1 Å². The van der Waals surface area contributed by atoms with Gasteiger partial charge in [-0.15, -0.1) is 0 Å². The minimum atomic E-state index is -0.311. The Kier molecular flexibility index (Phi) is 4.83. The molecule has 0 atom stereocenters. The topological polar surface area (TPSA) is 20.3 Å². The predicted molar refractivity (Wildman–Crippen MR) is 91.4 cm³/mol. The number of hydrogen-bond donors (Lipinski definition) is 0. The predicted octanol–water partition coefficient (Wildman–Crippen LogP) is 5.01. The fourth-order valence-corrected chi connectivity index (χ4v) is 2.42. The molecule has 114 valence electrons. The van der Waals surface area contributed by atoms with Crippen LogP contribution in [0.5, 0.6) is 0 Å². The molecule has 0 aliphatic rings. The van der Waals surface area contributed by atoms with Crippen LogP contribution in [0, 0.1) is 0 Å². The summed E-state index contributed by atoms with van der Waals surface area (Å²) in [4.78, 5) is 14.6. The Morgan fingerprint density at radius 2 is 1.67 bits per heavy atom. The van der Waals surface area contributed by atoms with E-state index in [1.807, 2.05) is 32.9 Å². The maximum Gasteiger partial charge on any atom is 0.258 e. The molecule has 0 aliphatic heterocycles. The lowest BCUT2D eigenvalue weighted by Gasteiger charge is -2.33. The van der Waals surface area contributed by atoms with Crippen LogP contribution in [0.3, 0.4) is 0 Å². The summed E-state index contributed by atoms with van der Waals surface area (Å²) in [7, 11) is 0. The molecule has 1 amide bonds. The first kappa shape index (κ1) is 17.2. The third-order valence-electron chi connectivity index (χ3n) is 3.47. The fraction of sp³-hybridized carbons (Fsp3) is 0.421. The van der Waals surface area contributed by atoms with Crippen molar-refractivity contribution in [1.29, 1.82) is 0 Å². The molecule has 0 unspecified atom stereocenters. The van der Waals surface area contributed by atoms with E-state index in [0.29, 0.717) is 5.56 Å². The molecule has 0 saturated heterocycles. The van der Waals surface area contributed by atoms with Gasteiger partial charge in [0.1, 0.15) is 0 Å². The van der Waals surface area contributed by atoms with E-state index in [4.69, 9.17) is 0 Å². The highest BCUT2D eigenvalue weighted by Gasteiger charge is 2.28. The number of hydrogen-bond acceptors (Lipinski definition) is 1. The highest BCUT2D eigenvalue weighted by Crippen LogP contribution is 2.30. The fourth-order valence-electron chi connectivity index (χ4n) is 2.42. The summed E-state index contributed by atoms with van der Waals surface area (Å²) in [5.74, 6) is -0.0431. The van der Waals surface area contributed by atoms with Crippen molar-refractivity contribution in [2.24, 2.45) is 0 Å². The zero-order chi connectivity index (χ0) is 16.4. The third kappa shape index (κ3) is 3.63. The largest absolute Gasteiger partial charge is 0.310 e. The van der Waals surface area contributed by atoms with E-state index in [-0.39, 0.29) is 16.9 Å². The van der Waals surface area contributed by atoms with E-state index in [9.17, 15) is 4.79 Å². The van der Waals surface area contributed by atoms with Gasteiger partial charge >= 0.3 is 0 Å². The van der Waals surface area contributed by atoms with E-state index < -0.39 is 0 Å². The molecule has 0 fully saturated rings. The lowest BCUT2D eigenvalue weighted by molar-refractivity contribution is 0.0705. The summed E-state index contributed by atoms with van der Waals surface area (Å²) in [5, 5.41) is 0. The first-order valence-electron chi connectivity index (χ1n) is 7.26. The van der Waals surface area contributed by atoms with E-state index >= 15 is 0 Å². The van der Waals surface area contributed by atoms with Crippen LogP contribution in [-0.2, 0) is 5.41 Å². The zero-order valence-electron chi connectivity index (χ0n) is 14.2. The summed E-state index contributed by atoms with van der Waals surface area (Å²) < 4.78 is 0. The number of nitrogens with zero attached hydrogens (tertiary/aromatic N) is 1. The lowest BCUT2D eigenvalue weighted by Crippen LogP contribution is -2.42.